The van der Waals surface area contributed by atoms with Gasteiger partial charge in [0.25, 0.3) is 0 Å². The van der Waals surface area contributed by atoms with Gasteiger partial charge in [0, 0.05) is 12.6 Å². The molecule has 18 heavy (non-hydrogen) atoms. The second kappa shape index (κ2) is 6.33. The van der Waals surface area contributed by atoms with Crippen LogP contribution >= 0.6 is 15.9 Å². The number of anilines is 2. The van der Waals surface area contributed by atoms with Crippen LogP contribution in [-0.2, 0) is 0 Å². The van der Waals surface area contributed by atoms with E-state index in [4.69, 9.17) is 5.84 Å². The summed E-state index contributed by atoms with van der Waals surface area (Å²) in [6.45, 7) is 3.11. The van der Waals surface area contributed by atoms with Crippen molar-refractivity contribution >= 4 is 27.6 Å². The van der Waals surface area contributed by atoms with E-state index >= 15 is 0 Å². The minimum Gasteiger partial charge on any atom is -0.353 e. The van der Waals surface area contributed by atoms with Gasteiger partial charge in [0.05, 0.1) is 0 Å². The molecule has 6 heteroatoms. The zero-order valence-electron chi connectivity index (χ0n) is 10.7. The number of hydrogen-bond acceptors (Lipinski definition) is 5. The average Bonchev–Trinajstić information content (AvgIpc) is 2.43. The summed E-state index contributed by atoms with van der Waals surface area (Å²) in [5, 5.41) is 0. The van der Waals surface area contributed by atoms with Gasteiger partial charge in [0.15, 0.2) is 5.82 Å². The molecule has 1 heterocycles. The number of nitrogens with zero attached hydrogens (tertiary/aromatic N) is 3. The van der Waals surface area contributed by atoms with E-state index < -0.39 is 0 Å². The molecule has 0 aliphatic heterocycles. The van der Waals surface area contributed by atoms with Crippen LogP contribution in [0, 0.1) is 0 Å². The van der Waals surface area contributed by atoms with Crippen LogP contribution in [0.4, 0.5) is 11.6 Å². The van der Waals surface area contributed by atoms with E-state index in [1.54, 1.807) is 6.33 Å². The summed E-state index contributed by atoms with van der Waals surface area (Å²) < 4.78 is 0.847. The van der Waals surface area contributed by atoms with Crippen molar-refractivity contribution in [1.29, 1.82) is 0 Å². The summed E-state index contributed by atoms with van der Waals surface area (Å²) >= 11 is 3.54. The lowest BCUT2D eigenvalue weighted by molar-refractivity contribution is 0.416. The first-order chi connectivity index (χ1) is 8.77. The monoisotopic (exact) mass is 313 g/mol. The molecule has 0 atom stereocenters. The maximum absolute atomic E-state index is 5.45. The number of nitrogen functional groups attached to an aromatic ring is 1. The molecule has 5 nitrogen and oxygen atoms in total. The van der Waals surface area contributed by atoms with Crippen LogP contribution in [0.5, 0.6) is 0 Å². The fourth-order valence-electron chi connectivity index (χ4n) is 2.64. The lowest BCUT2D eigenvalue weighted by atomic mass is 9.94. The third kappa shape index (κ3) is 2.75. The molecule has 1 fully saturated rings. The van der Waals surface area contributed by atoms with Crippen molar-refractivity contribution in [1.82, 2.24) is 9.97 Å². The van der Waals surface area contributed by atoms with E-state index in [0.29, 0.717) is 11.9 Å². The summed E-state index contributed by atoms with van der Waals surface area (Å²) in [5.74, 6) is 7.02. The third-order valence-electron chi connectivity index (χ3n) is 3.54. The highest BCUT2D eigenvalue weighted by Crippen LogP contribution is 2.33. The molecular formula is C12H20BrN5. The van der Waals surface area contributed by atoms with Crippen molar-refractivity contribution in [3.63, 3.8) is 0 Å². The standard InChI is InChI=1S/C12H20BrN5/c1-2-18(9-6-4-3-5-7-9)12-10(13)11(17-14)15-8-16-12/h8-9H,2-7,14H2,1H3,(H,15,16,17). The van der Waals surface area contributed by atoms with Crippen molar-refractivity contribution in [3.05, 3.63) is 10.8 Å². The number of nitrogens with two attached hydrogens (primary N) is 1. The number of hydrazine groups is 1. The van der Waals surface area contributed by atoms with Crippen LogP contribution in [0.3, 0.4) is 0 Å². The molecule has 1 aromatic heterocycles. The minimum atomic E-state index is 0.584. The molecule has 3 N–H and O–H groups in total. The molecule has 1 saturated carbocycles. The van der Waals surface area contributed by atoms with E-state index in [0.717, 1.165) is 16.8 Å². The highest BCUT2D eigenvalue weighted by Gasteiger charge is 2.23. The second-order valence-electron chi connectivity index (χ2n) is 4.58. The molecule has 0 bridgehead atoms. The molecule has 1 aromatic rings. The Labute approximate surface area is 116 Å². The van der Waals surface area contributed by atoms with E-state index in [-0.39, 0.29) is 0 Å². The Morgan fingerprint density at radius 3 is 2.72 bits per heavy atom. The normalized spacial score (nSPS) is 16.6. The highest BCUT2D eigenvalue weighted by atomic mass is 79.9. The highest BCUT2D eigenvalue weighted by molar-refractivity contribution is 9.10. The maximum atomic E-state index is 5.45. The van der Waals surface area contributed by atoms with E-state index in [2.05, 4.69) is 43.1 Å². The molecule has 100 valence electrons. The van der Waals surface area contributed by atoms with Crippen molar-refractivity contribution < 1.29 is 0 Å². The maximum Gasteiger partial charge on any atom is 0.159 e. The first kappa shape index (κ1) is 13.5. The topological polar surface area (TPSA) is 67.1 Å². The first-order valence-corrected chi connectivity index (χ1v) is 7.31. The quantitative estimate of drug-likeness (QED) is 0.661. The van der Waals surface area contributed by atoms with Crippen molar-refractivity contribution in [2.24, 2.45) is 5.84 Å². The molecule has 0 spiro atoms. The van der Waals surface area contributed by atoms with Gasteiger partial charge in [-0.25, -0.2) is 15.8 Å². The number of aromatic nitrogens is 2. The molecule has 0 saturated heterocycles. The van der Waals surface area contributed by atoms with Gasteiger partial charge in [0.1, 0.15) is 16.6 Å². The Hall–Kier alpha value is -0.880. The molecule has 0 unspecified atom stereocenters. The Bertz CT molecular complexity index is 392. The van der Waals surface area contributed by atoms with E-state index in [1.165, 1.54) is 32.1 Å². The van der Waals surface area contributed by atoms with Crippen LogP contribution in [0.2, 0.25) is 0 Å². The van der Waals surface area contributed by atoms with Crippen LogP contribution in [0.15, 0.2) is 10.8 Å². The van der Waals surface area contributed by atoms with Crippen LogP contribution in [-0.4, -0.2) is 22.6 Å². The molecule has 1 aliphatic rings. The lowest BCUT2D eigenvalue weighted by Gasteiger charge is -2.35. The zero-order valence-corrected chi connectivity index (χ0v) is 12.3. The Kier molecular flexibility index (Phi) is 4.77. The van der Waals surface area contributed by atoms with Gasteiger partial charge in [0.2, 0.25) is 0 Å². The summed E-state index contributed by atoms with van der Waals surface area (Å²) in [6.07, 6.45) is 8.03. The van der Waals surface area contributed by atoms with E-state index in [1.807, 2.05) is 0 Å². The van der Waals surface area contributed by atoms with Gasteiger partial charge in [-0.1, -0.05) is 19.3 Å². The van der Waals surface area contributed by atoms with Gasteiger partial charge in [-0.15, -0.1) is 0 Å². The minimum absolute atomic E-state index is 0.584. The number of halogens is 1. The van der Waals surface area contributed by atoms with Gasteiger partial charge in [-0.2, -0.15) is 0 Å². The first-order valence-electron chi connectivity index (χ1n) is 6.51. The zero-order chi connectivity index (χ0) is 13.0. The molecule has 0 amide bonds. The van der Waals surface area contributed by atoms with Gasteiger partial charge in [-0.3, -0.25) is 0 Å². The van der Waals surface area contributed by atoms with Crippen molar-refractivity contribution in [2.45, 2.75) is 45.1 Å². The summed E-state index contributed by atoms with van der Waals surface area (Å²) in [6, 6.07) is 0.584. The predicted molar refractivity (Wildman–Crippen MR) is 77.4 cm³/mol. The van der Waals surface area contributed by atoms with Crippen molar-refractivity contribution in [2.75, 3.05) is 16.9 Å². The summed E-state index contributed by atoms with van der Waals surface area (Å²) in [7, 11) is 0. The predicted octanol–water partition coefficient (Wildman–Crippen LogP) is 2.68. The number of nitrogens with one attached hydrogen (secondary N) is 1. The molecule has 2 rings (SSSR count). The molecule has 0 aromatic carbocycles. The second-order valence-corrected chi connectivity index (χ2v) is 5.38. The summed E-state index contributed by atoms with van der Waals surface area (Å²) in [5.41, 5.74) is 2.59. The molecule has 1 aliphatic carbocycles. The number of hydrogen-bond donors (Lipinski definition) is 2. The fourth-order valence-corrected chi connectivity index (χ4v) is 3.18. The van der Waals surface area contributed by atoms with Gasteiger partial charge in [-0.05, 0) is 35.7 Å². The van der Waals surface area contributed by atoms with Crippen LogP contribution in [0.25, 0.3) is 0 Å². The lowest BCUT2D eigenvalue weighted by Crippen LogP contribution is -2.37. The molecule has 0 radical (unpaired) electrons. The average molecular weight is 314 g/mol. The third-order valence-corrected chi connectivity index (χ3v) is 4.27. The SMILES string of the molecule is CCN(c1ncnc(NN)c1Br)C1CCCCC1. The largest absolute Gasteiger partial charge is 0.353 e. The van der Waals surface area contributed by atoms with Gasteiger partial charge < -0.3 is 10.3 Å². The molecular weight excluding hydrogens is 294 g/mol. The fraction of sp³-hybridized carbons (Fsp3) is 0.667. The Morgan fingerprint density at radius 2 is 2.11 bits per heavy atom. The van der Waals surface area contributed by atoms with Crippen molar-refractivity contribution in [3.8, 4) is 0 Å². The smallest absolute Gasteiger partial charge is 0.159 e. The Morgan fingerprint density at radius 1 is 1.39 bits per heavy atom. The Balaban J connectivity index is 2.26. The van der Waals surface area contributed by atoms with E-state index in [9.17, 15) is 0 Å². The van der Waals surface area contributed by atoms with Crippen LogP contribution < -0.4 is 16.2 Å². The van der Waals surface area contributed by atoms with Gasteiger partial charge >= 0.3 is 0 Å². The number of rotatable bonds is 4. The van der Waals surface area contributed by atoms with Crippen LogP contribution in [0.1, 0.15) is 39.0 Å². The summed E-state index contributed by atoms with van der Waals surface area (Å²) in [4.78, 5) is 10.9.